The van der Waals surface area contributed by atoms with Gasteiger partial charge < -0.3 is 4.74 Å². The summed E-state index contributed by atoms with van der Waals surface area (Å²) in [6.45, 7) is 1.83. The number of aromatic nitrogens is 4. The summed E-state index contributed by atoms with van der Waals surface area (Å²) >= 11 is 0. The van der Waals surface area contributed by atoms with Crippen LogP contribution in [0.4, 0.5) is 0 Å². The molecule has 5 rings (SSSR count). The normalized spacial score (nSPS) is 13.4. The molecule has 0 radical (unpaired) electrons. The van der Waals surface area contributed by atoms with Crippen molar-refractivity contribution in [3.8, 4) is 0 Å². The molecular formula is C21H17N5O2. The molecule has 0 amide bonds. The highest BCUT2D eigenvalue weighted by Gasteiger charge is 2.12. The van der Waals surface area contributed by atoms with Crippen molar-refractivity contribution in [3.05, 3.63) is 93.7 Å². The Kier molecular flexibility index (Phi) is 4.06. The zero-order valence-electron chi connectivity index (χ0n) is 15.0. The lowest BCUT2D eigenvalue weighted by atomic mass is 10.1. The van der Waals surface area contributed by atoms with E-state index in [1.54, 1.807) is 17.1 Å². The number of hydrogen-bond donors (Lipinski definition) is 0. The van der Waals surface area contributed by atoms with Gasteiger partial charge in [-0.2, -0.15) is 14.9 Å². The van der Waals surface area contributed by atoms with Crippen molar-refractivity contribution in [2.45, 2.75) is 19.8 Å². The minimum absolute atomic E-state index is 0.245. The Bertz CT molecular complexity index is 1240. The molecule has 0 unspecified atom stereocenters. The standard InChI is InChI=1S/C21H17N5O2/c27-21-19-10-24-25(11-15-4-2-1-3-5-15)20(19)22-14-26(21)23-9-16-6-7-17-12-28-13-18(17)8-16/h1-10,14H,11-13H2/b23-9+. The number of rotatable bonds is 4. The summed E-state index contributed by atoms with van der Waals surface area (Å²) in [6.07, 6.45) is 4.63. The number of fused-ring (bicyclic) bond motifs is 2. The van der Waals surface area contributed by atoms with Crippen molar-refractivity contribution >= 4 is 17.2 Å². The fourth-order valence-electron chi connectivity index (χ4n) is 3.31. The van der Waals surface area contributed by atoms with Gasteiger partial charge in [-0.3, -0.25) is 4.79 Å². The summed E-state index contributed by atoms with van der Waals surface area (Å²) in [5.74, 6) is 0. The number of nitrogens with zero attached hydrogens (tertiary/aromatic N) is 5. The molecule has 7 nitrogen and oxygen atoms in total. The summed E-state index contributed by atoms with van der Waals surface area (Å²) in [5.41, 5.74) is 4.67. The molecule has 0 saturated carbocycles. The van der Waals surface area contributed by atoms with Gasteiger partial charge in [-0.25, -0.2) is 9.67 Å². The molecule has 2 aromatic carbocycles. The van der Waals surface area contributed by atoms with Gasteiger partial charge >= 0.3 is 0 Å². The Hall–Kier alpha value is -3.58. The summed E-state index contributed by atoms with van der Waals surface area (Å²) in [5, 5.41) is 9.05. The minimum Gasteiger partial charge on any atom is -0.372 e. The van der Waals surface area contributed by atoms with Crippen LogP contribution in [0.15, 0.2) is 71.0 Å². The molecule has 3 heterocycles. The molecule has 28 heavy (non-hydrogen) atoms. The molecule has 0 spiro atoms. The van der Waals surface area contributed by atoms with E-state index < -0.39 is 0 Å². The van der Waals surface area contributed by atoms with Crippen molar-refractivity contribution in [2.24, 2.45) is 5.10 Å². The van der Waals surface area contributed by atoms with E-state index in [1.807, 2.05) is 48.5 Å². The Morgan fingerprint density at radius 3 is 2.86 bits per heavy atom. The topological polar surface area (TPSA) is 74.3 Å². The number of benzene rings is 2. The molecule has 0 saturated heterocycles. The maximum absolute atomic E-state index is 12.7. The maximum atomic E-state index is 12.7. The van der Waals surface area contributed by atoms with Crippen molar-refractivity contribution < 1.29 is 4.74 Å². The first-order valence-corrected chi connectivity index (χ1v) is 8.99. The van der Waals surface area contributed by atoms with Gasteiger partial charge in [-0.1, -0.05) is 42.5 Å². The van der Waals surface area contributed by atoms with Gasteiger partial charge in [-0.15, -0.1) is 0 Å². The molecule has 0 N–H and O–H groups in total. The number of hydrogen-bond acceptors (Lipinski definition) is 5. The lowest BCUT2D eigenvalue weighted by Gasteiger charge is -2.03. The molecule has 2 aromatic heterocycles. The van der Waals surface area contributed by atoms with Crippen LogP contribution in [0.5, 0.6) is 0 Å². The fraction of sp³-hybridized carbons (Fsp3) is 0.143. The summed E-state index contributed by atoms with van der Waals surface area (Å²) < 4.78 is 8.39. The minimum atomic E-state index is -0.245. The summed E-state index contributed by atoms with van der Waals surface area (Å²) in [7, 11) is 0. The van der Waals surface area contributed by atoms with Crippen LogP contribution in [0.1, 0.15) is 22.3 Å². The zero-order valence-corrected chi connectivity index (χ0v) is 15.0. The van der Waals surface area contributed by atoms with Crippen LogP contribution in [0.3, 0.4) is 0 Å². The SMILES string of the molecule is O=c1c2cnn(Cc3ccccc3)c2ncn1/N=C/c1ccc2c(c1)COC2. The van der Waals surface area contributed by atoms with Gasteiger partial charge in [0.05, 0.1) is 32.2 Å². The third-order valence-corrected chi connectivity index (χ3v) is 4.79. The summed E-state index contributed by atoms with van der Waals surface area (Å²) in [6, 6.07) is 16.0. The van der Waals surface area contributed by atoms with Crippen molar-refractivity contribution in [3.63, 3.8) is 0 Å². The molecule has 1 aliphatic rings. The van der Waals surface area contributed by atoms with Gasteiger partial charge in [0.15, 0.2) is 5.65 Å². The lowest BCUT2D eigenvalue weighted by Crippen LogP contribution is -2.17. The molecule has 4 aromatic rings. The van der Waals surface area contributed by atoms with Gasteiger partial charge in [0.1, 0.15) is 11.7 Å². The third kappa shape index (κ3) is 3.01. The smallest absolute Gasteiger partial charge is 0.285 e. The van der Waals surface area contributed by atoms with Gasteiger partial charge in [0, 0.05) is 0 Å². The van der Waals surface area contributed by atoms with E-state index in [-0.39, 0.29) is 5.56 Å². The van der Waals surface area contributed by atoms with E-state index in [4.69, 9.17) is 4.74 Å². The van der Waals surface area contributed by atoms with Gasteiger partial charge in [-0.05, 0) is 28.3 Å². The molecule has 0 aliphatic carbocycles. The van der Waals surface area contributed by atoms with Crippen molar-refractivity contribution in [1.82, 2.24) is 19.4 Å². The predicted molar refractivity (Wildman–Crippen MR) is 105 cm³/mol. The molecule has 1 aliphatic heterocycles. The highest BCUT2D eigenvalue weighted by atomic mass is 16.5. The zero-order chi connectivity index (χ0) is 18.9. The van der Waals surface area contributed by atoms with Crippen LogP contribution in [0.2, 0.25) is 0 Å². The lowest BCUT2D eigenvalue weighted by molar-refractivity contribution is 0.134. The maximum Gasteiger partial charge on any atom is 0.285 e. The molecule has 0 atom stereocenters. The predicted octanol–water partition coefficient (Wildman–Crippen LogP) is 2.55. The Morgan fingerprint density at radius 2 is 1.96 bits per heavy atom. The van der Waals surface area contributed by atoms with E-state index in [1.165, 1.54) is 16.6 Å². The first-order valence-electron chi connectivity index (χ1n) is 8.99. The molecule has 138 valence electrons. The molecule has 0 bridgehead atoms. The van der Waals surface area contributed by atoms with Crippen LogP contribution in [-0.4, -0.2) is 25.7 Å². The average Bonchev–Trinajstić information content (AvgIpc) is 3.35. The van der Waals surface area contributed by atoms with E-state index in [9.17, 15) is 4.79 Å². The monoisotopic (exact) mass is 371 g/mol. The molecule has 7 heteroatoms. The second-order valence-electron chi connectivity index (χ2n) is 6.68. The van der Waals surface area contributed by atoms with Crippen LogP contribution in [0, 0.1) is 0 Å². The Labute approximate surface area is 160 Å². The van der Waals surface area contributed by atoms with E-state index >= 15 is 0 Å². The van der Waals surface area contributed by atoms with Crippen LogP contribution in [-0.2, 0) is 24.5 Å². The first-order chi connectivity index (χ1) is 13.8. The highest BCUT2D eigenvalue weighted by Crippen LogP contribution is 2.20. The summed E-state index contributed by atoms with van der Waals surface area (Å²) in [4.78, 5) is 17.1. The van der Waals surface area contributed by atoms with E-state index in [2.05, 4.69) is 15.2 Å². The second-order valence-corrected chi connectivity index (χ2v) is 6.68. The largest absolute Gasteiger partial charge is 0.372 e. The van der Waals surface area contributed by atoms with E-state index in [0.29, 0.717) is 30.8 Å². The highest BCUT2D eigenvalue weighted by molar-refractivity contribution is 5.80. The van der Waals surface area contributed by atoms with Crippen LogP contribution >= 0.6 is 0 Å². The number of ether oxygens (including phenoxy) is 1. The average molecular weight is 371 g/mol. The van der Waals surface area contributed by atoms with E-state index in [0.717, 1.165) is 16.7 Å². The quantitative estimate of drug-likeness (QED) is 0.517. The van der Waals surface area contributed by atoms with Crippen molar-refractivity contribution in [1.29, 1.82) is 0 Å². The second kappa shape index (κ2) is 6.86. The Balaban J connectivity index is 1.45. The van der Waals surface area contributed by atoms with Crippen LogP contribution < -0.4 is 5.56 Å². The Morgan fingerprint density at radius 1 is 1.11 bits per heavy atom. The first kappa shape index (κ1) is 16.6. The van der Waals surface area contributed by atoms with Crippen LogP contribution in [0.25, 0.3) is 11.0 Å². The van der Waals surface area contributed by atoms with Gasteiger partial charge in [0.2, 0.25) is 0 Å². The molecular weight excluding hydrogens is 354 g/mol. The van der Waals surface area contributed by atoms with Gasteiger partial charge in [0.25, 0.3) is 5.56 Å². The molecule has 0 fully saturated rings. The van der Waals surface area contributed by atoms with Crippen molar-refractivity contribution in [2.75, 3.05) is 0 Å². The third-order valence-electron chi connectivity index (χ3n) is 4.79. The fourth-order valence-corrected chi connectivity index (χ4v) is 3.31.